The van der Waals surface area contributed by atoms with Crippen molar-refractivity contribution < 1.29 is 4.79 Å². The Labute approximate surface area is 153 Å². The van der Waals surface area contributed by atoms with Gasteiger partial charge in [-0.2, -0.15) is 5.10 Å². The Hall–Kier alpha value is -2.22. The number of hydrogen-bond acceptors (Lipinski definition) is 6. The summed E-state index contributed by atoms with van der Waals surface area (Å²) in [6.07, 6.45) is 5.75. The molecule has 1 saturated carbocycles. The maximum atomic E-state index is 12.8. The molecule has 1 aliphatic heterocycles. The van der Waals surface area contributed by atoms with Gasteiger partial charge in [0.25, 0.3) is 0 Å². The van der Waals surface area contributed by atoms with Crippen LogP contribution >= 0.6 is 0 Å². The number of amides is 1. The van der Waals surface area contributed by atoms with Crippen LogP contribution in [0.3, 0.4) is 0 Å². The molecule has 2 N–H and O–H groups in total. The van der Waals surface area contributed by atoms with Crippen LogP contribution in [0.25, 0.3) is 11.0 Å². The molecule has 2 aliphatic rings. The Balaban J connectivity index is 1.46. The van der Waals surface area contributed by atoms with Crippen LogP contribution in [0.15, 0.2) is 6.20 Å². The van der Waals surface area contributed by atoms with Crippen LogP contribution in [0.5, 0.6) is 0 Å². The molecule has 0 aromatic carbocycles. The van der Waals surface area contributed by atoms with Crippen molar-refractivity contribution in [1.29, 1.82) is 0 Å². The average molecular weight is 357 g/mol. The van der Waals surface area contributed by atoms with E-state index in [1.807, 2.05) is 25.1 Å². The highest BCUT2D eigenvalue weighted by Crippen LogP contribution is 2.27. The minimum absolute atomic E-state index is 0.108. The number of rotatable bonds is 2. The number of nitrogens with two attached hydrogens (primary N) is 1. The summed E-state index contributed by atoms with van der Waals surface area (Å²) in [6, 6.07) is 0.182. The summed E-state index contributed by atoms with van der Waals surface area (Å²) < 4.78 is 1.78. The van der Waals surface area contributed by atoms with Crippen LogP contribution in [-0.2, 0) is 11.8 Å². The number of fused-ring (bicyclic) bond motifs is 1. The third-order valence-electron chi connectivity index (χ3n) is 5.64. The van der Waals surface area contributed by atoms with Crippen molar-refractivity contribution in [3.63, 3.8) is 0 Å². The number of hydrogen-bond donors (Lipinski definition) is 1. The minimum atomic E-state index is 0.108. The van der Waals surface area contributed by atoms with Crippen molar-refractivity contribution in [1.82, 2.24) is 24.6 Å². The maximum Gasteiger partial charge on any atom is 0.225 e. The van der Waals surface area contributed by atoms with Gasteiger partial charge in [0.1, 0.15) is 11.6 Å². The summed E-state index contributed by atoms with van der Waals surface area (Å²) in [4.78, 5) is 26.2. The zero-order chi connectivity index (χ0) is 18.3. The van der Waals surface area contributed by atoms with Crippen molar-refractivity contribution in [3.05, 3.63) is 12.0 Å². The van der Waals surface area contributed by atoms with E-state index < -0.39 is 0 Å². The lowest BCUT2D eigenvalue weighted by molar-refractivity contribution is -0.137. The molecule has 1 aliphatic carbocycles. The second-order valence-corrected chi connectivity index (χ2v) is 7.54. The SMILES string of the molecule is Cc1nc(N2CCN(C(=O)C3CCCC(N)C3)CC2)c2cnn(C)c2n1. The fraction of sp³-hybridized carbons (Fsp3) is 0.667. The van der Waals surface area contributed by atoms with Gasteiger partial charge < -0.3 is 15.5 Å². The number of piperazine rings is 1. The van der Waals surface area contributed by atoms with Crippen LogP contribution in [0.1, 0.15) is 31.5 Å². The Morgan fingerprint density at radius 3 is 2.69 bits per heavy atom. The smallest absolute Gasteiger partial charge is 0.225 e. The molecule has 1 saturated heterocycles. The third kappa shape index (κ3) is 3.13. The predicted octanol–water partition coefficient (Wildman–Crippen LogP) is 0.838. The third-order valence-corrected chi connectivity index (χ3v) is 5.64. The number of nitrogens with zero attached hydrogens (tertiary/aromatic N) is 6. The molecule has 0 radical (unpaired) electrons. The number of aryl methyl sites for hydroxylation is 2. The van der Waals surface area contributed by atoms with Crippen molar-refractivity contribution in [2.45, 2.75) is 38.6 Å². The van der Waals surface area contributed by atoms with E-state index in [-0.39, 0.29) is 17.9 Å². The molecule has 0 spiro atoms. The van der Waals surface area contributed by atoms with E-state index in [2.05, 4.69) is 20.0 Å². The lowest BCUT2D eigenvalue weighted by atomic mass is 9.85. The number of aromatic nitrogens is 4. The van der Waals surface area contributed by atoms with Gasteiger partial charge in [0, 0.05) is 45.2 Å². The second kappa shape index (κ2) is 6.83. The number of carbonyl (C=O) groups is 1. The summed E-state index contributed by atoms with van der Waals surface area (Å²) in [6.45, 7) is 4.93. The molecule has 2 fully saturated rings. The van der Waals surface area contributed by atoms with Gasteiger partial charge in [0.05, 0.1) is 11.6 Å². The first-order chi connectivity index (χ1) is 12.5. The maximum absolute atomic E-state index is 12.8. The normalized spacial score (nSPS) is 24.3. The lowest BCUT2D eigenvalue weighted by Gasteiger charge is -2.38. The van der Waals surface area contributed by atoms with E-state index in [1.54, 1.807) is 4.68 Å². The van der Waals surface area contributed by atoms with Crippen LogP contribution in [0, 0.1) is 12.8 Å². The van der Waals surface area contributed by atoms with Crippen molar-refractivity contribution in [2.75, 3.05) is 31.1 Å². The standard InChI is InChI=1S/C18H27N7O/c1-12-21-16-15(11-20-23(16)2)17(22-12)24-6-8-25(9-7-24)18(26)13-4-3-5-14(19)10-13/h11,13-14H,3-10,19H2,1-2H3. The van der Waals surface area contributed by atoms with Crippen LogP contribution in [0.2, 0.25) is 0 Å². The van der Waals surface area contributed by atoms with E-state index in [0.29, 0.717) is 0 Å². The molecular formula is C18H27N7O. The first-order valence-corrected chi connectivity index (χ1v) is 9.48. The first kappa shape index (κ1) is 17.2. The molecule has 1 amide bonds. The molecule has 2 atom stereocenters. The van der Waals surface area contributed by atoms with Gasteiger partial charge in [-0.3, -0.25) is 9.48 Å². The molecule has 26 heavy (non-hydrogen) atoms. The van der Waals surface area contributed by atoms with E-state index in [4.69, 9.17) is 5.73 Å². The molecule has 140 valence electrons. The monoisotopic (exact) mass is 357 g/mol. The molecule has 2 aromatic heterocycles. The zero-order valence-corrected chi connectivity index (χ0v) is 15.6. The Kier molecular flexibility index (Phi) is 4.52. The highest BCUT2D eigenvalue weighted by Gasteiger charge is 2.31. The number of anilines is 1. The molecule has 2 unspecified atom stereocenters. The highest BCUT2D eigenvalue weighted by molar-refractivity contribution is 5.87. The predicted molar refractivity (Wildman–Crippen MR) is 99.8 cm³/mol. The van der Waals surface area contributed by atoms with Gasteiger partial charge in [-0.25, -0.2) is 9.97 Å². The van der Waals surface area contributed by atoms with Crippen LogP contribution in [-0.4, -0.2) is 62.8 Å². The van der Waals surface area contributed by atoms with Gasteiger partial charge in [-0.05, 0) is 26.2 Å². The largest absolute Gasteiger partial charge is 0.352 e. The van der Waals surface area contributed by atoms with Crippen LogP contribution < -0.4 is 10.6 Å². The summed E-state index contributed by atoms with van der Waals surface area (Å²) >= 11 is 0. The lowest BCUT2D eigenvalue weighted by Crippen LogP contribution is -2.51. The fourth-order valence-electron chi connectivity index (χ4n) is 4.20. The molecule has 8 heteroatoms. The molecule has 2 aromatic rings. The summed E-state index contributed by atoms with van der Waals surface area (Å²) in [5.41, 5.74) is 6.91. The van der Waals surface area contributed by atoms with Gasteiger partial charge in [0.2, 0.25) is 5.91 Å². The quantitative estimate of drug-likeness (QED) is 0.856. The molecule has 0 bridgehead atoms. The summed E-state index contributed by atoms with van der Waals surface area (Å²) in [5.74, 6) is 2.06. The van der Waals surface area contributed by atoms with Gasteiger partial charge in [-0.1, -0.05) is 6.42 Å². The Bertz CT molecular complexity index is 809. The van der Waals surface area contributed by atoms with Crippen molar-refractivity contribution in [2.24, 2.45) is 18.7 Å². The van der Waals surface area contributed by atoms with Crippen LogP contribution in [0.4, 0.5) is 5.82 Å². The number of carbonyl (C=O) groups excluding carboxylic acids is 1. The van der Waals surface area contributed by atoms with E-state index in [0.717, 1.165) is 74.5 Å². The van der Waals surface area contributed by atoms with Gasteiger partial charge >= 0.3 is 0 Å². The molecule has 3 heterocycles. The average Bonchev–Trinajstić information content (AvgIpc) is 3.01. The highest BCUT2D eigenvalue weighted by atomic mass is 16.2. The summed E-state index contributed by atoms with van der Waals surface area (Å²) in [5, 5.41) is 5.28. The van der Waals surface area contributed by atoms with Crippen molar-refractivity contribution in [3.8, 4) is 0 Å². The molecule has 4 rings (SSSR count). The molecular weight excluding hydrogens is 330 g/mol. The fourth-order valence-corrected chi connectivity index (χ4v) is 4.20. The Morgan fingerprint density at radius 2 is 1.96 bits per heavy atom. The summed E-state index contributed by atoms with van der Waals surface area (Å²) in [7, 11) is 1.89. The van der Waals surface area contributed by atoms with E-state index in [9.17, 15) is 4.79 Å². The second-order valence-electron chi connectivity index (χ2n) is 7.54. The molecule has 8 nitrogen and oxygen atoms in total. The Morgan fingerprint density at radius 1 is 1.19 bits per heavy atom. The minimum Gasteiger partial charge on any atom is -0.352 e. The van der Waals surface area contributed by atoms with E-state index >= 15 is 0 Å². The topological polar surface area (TPSA) is 93.2 Å². The van der Waals surface area contributed by atoms with E-state index in [1.165, 1.54) is 0 Å². The van der Waals surface area contributed by atoms with Gasteiger partial charge in [0.15, 0.2) is 5.65 Å². The zero-order valence-electron chi connectivity index (χ0n) is 15.6. The first-order valence-electron chi connectivity index (χ1n) is 9.48. The van der Waals surface area contributed by atoms with Gasteiger partial charge in [-0.15, -0.1) is 0 Å². The van der Waals surface area contributed by atoms with Crippen molar-refractivity contribution >= 4 is 22.8 Å².